The van der Waals surface area contributed by atoms with Crippen LogP contribution in [0.2, 0.25) is 0 Å². The van der Waals surface area contributed by atoms with Gasteiger partial charge in [0.05, 0.1) is 24.9 Å². The molecular formula is C16H23N5O2. The number of carbonyl (C=O) groups excluding carboxylic acids is 1. The lowest BCUT2D eigenvalue weighted by atomic mass is 10.00. The highest BCUT2D eigenvalue weighted by molar-refractivity contribution is 5.92. The van der Waals surface area contributed by atoms with E-state index in [1.54, 1.807) is 16.9 Å². The minimum atomic E-state index is -0.143. The van der Waals surface area contributed by atoms with Crippen LogP contribution in [0.4, 0.5) is 0 Å². The molecule has 1 aliphatic rings. The number of morpholine rings is 1. The average Bonchev–Trinajstić information content (AvgIpc) is 3.17. The third-order valence-corrected chi connectivity index (χ3v) is 4.05. The fraction of sp³-hybridized carbons (Fsp3) is 0.500. The first-order valence-corrected chi connectivity index (χ1v) is 7.75. The topological polar surface area (TPSA) is 66.4 Å². The number of nitrogens with one attached hydrogen (secondary N) is 1. The average molecular weight is 317 g/mol. The van der Waals surface area contributed by atoms with Crippen LogP contribution in [0.1, 0.15) is 22.1 Å². The van der Waals surface area contributed by atoms with Gasteiger partial charge in [0, 0.05) is 38.1 Å². The van der Waals surface area contributed by atoms with Crippen LogP contribution in [-0.4, -0.2) is 70.4 Å². The maximum absolute atomic E-state index is 12.9. The Kier molecular flexibility index (Phi) is 4.49. The molecule has 0 spiro atoms. The van der Waals surface area contributed by atoms with Crippen LogP contribution in [0, 0.1) is 0 Å². The lowest BCUT2D eigenvalue weighted by Crippen LogP contribution is -2.51. The van der Waals surface area contributed by atoms with Crippen molar-refractivity contribution in [2.24, 2.45) is 7.05 Å². The molecule has 0 aliphatic carbocycles. The summed E-state index contributed by atoms with van der Waals surface area (Å²) in [6, 6.07) is 3.50. The van der Waals surface area contributed by atoms with E-state index in [0.717, 1.165) is 12.1 Å². The van der Waals surface area contributed by atoms with Crippen LogP contribution in [-0.2, 0) is 11.8 Å². The number of hydrogen-bond acceptors (Lipinski definition) is 4. The molecule has 3 rings (SSSR count). The molecule has 2 atom stereocenters. The fourth-order valence-corrected chi connectivity index (χ4v) is 3.08. The summed E-state index contributed by atoms with van der Waals surface area (Å²) in [6.45, 7) is 1.86. The summed E-state index contributed by atoms with van der Waals surface area (Å²) in [7, 11) is 5.90. The van der Waals surface area contributed by atoms with Gasteiger partial charge in [0.1, 0.15) is 5.69 Å². The Hall–Kier alpha value is -2.12. The number of nitrogens with zero attached hydrogens (tertiary/aromatic N) is 4. The Morgan fingerprint density at radius 2 is 2.35 bits per heavy atom. The molecule has 124 valence electrons. The highest BCUT2D eigenvalue weighted by Crippen LogP contribution is 2.31. The molecule has 1 aliphatic heterocycles. The number of aromatic amines is 1. The van der Waals surface area contributed by atoms with E-state index in [2.05, 4.69) is 15.0 Å². The zero-order valence-electron chi connectivity index (χ0n) is 13.8. The van der Waals surface area contributed by atoms with E-state index in [1.165, 1.54) is 0 Å². The van der Waals surface area contributed by atoms with Crippen LogP contribution < -0.4 is 0 Å². The molecule has 23 heavy (non-hydrogen) atoms. The molecule has 3 heterocycles. The van der Waals surface area contributed by atoms with Gasteiger partial charge in [-0.25, -0.2) is 0 Å². The second-order valence-corrected chi connectivity index (χ2v) is 6.15. The van der Waals surface area contributed by atoms with Crippen LogP contribution in [0.15, 0.2) is 30.7 Å². The Balaban J connectivity index is 1.93. The van der Waals surface area contributed by atoms with Crippen molar-refractivity contribution in [3.8, 4) is 0 Å². The zero-order chi connectivity index (χ0) is 16.4. The standard InChI is InChI=1S/C16H23N5O2/c1-19(2)11-14-15(12-9-18-20(3)10-12)21(7-8-23-14)16(22)13-5-4-6-17-13/h4-6,9-10,14-15,17H,7-8,11H2,1-3H3/t14-,15-/m0/s1. The first kappa shape index (κ1) is 15.8. The molecule has 1 amide bonds. The molecule has 0 radical (unpaired) electrons. The van der Waals surface area contributed by atoms with Crippen molar-refractivity contribution >= 4 is 5.91 Å². The maximum atomic E-state index is 12.9. The monoisotopic (exact) mass is 317 g/mol. The van der Waals surface area contributed by atoms with E-state index in [0.29, 0.717) is 18.8 Å². The van der Waals surface area contributed by atoms with E-state index < -0.39 is 0 Å². The number of hydrogen-bond donors (Lipinski definition) is 1. The summed E-state index contributed by atoms with van der Waals surface area (Å²) in [6.07, 6.45) is 5.46. The van der Waals surface area contributed by atoms with Crippen molar-refractivity contribution in [1.82, 2.24) is 24.6 Å². The minimum Gasteiger partial charge on any atom is -0.373 e. The SMILES string of the molecule is CN(C)C[C@@H]1OCCN(C(=O)c2ccc[nH]2)[C@H]1c1cnn(C)c1. The number of aromatic nitrogens is 3. The Labute approximate surface area is 135 Å². The van der Waals surface area contributed by atoms with Crippen molar-refractivity contribution in [2.45, 2.75) is 12.1 Å². The molecule has 0 aromatic carbocycles. The quantitative estimate of drug-likeness (QED) is 0.909. The molecule has 2 aromatic rings. The predicted molar refractivity (Wildman–Crippen MR) is 86.1 cm³/mol. The van der Waals surface area contributed by atoms with E-state index in [9.17, 15) is 4.79 Å². The molecule has 7 heteroatoms. The molecule has 1 fully saturated rings. The number of aryl methyl sites for hydroxylation is 1. The van der Waals surface area contributed by atoms with E-state index >= 15 is 0 Å². The molecule has 0 bridgehead atoms. The Morgan fingerprint density at radius 1 is 1.52 bits per heavy atom. The second-order valence-electron chi connectivity index (χ2n) is 6.15. The summed E-state index contributed by atoms with van der Waals surface area (Å²) in [5.74, 6) is -0.00379. The first-order chi connectivity index (χ1) is 11.1. The molecule has 0 saturated carbocycles. The van der Waals surface area contributed by atoms with Crippen LogP contribution in [0.5, 0.6) is 0 Å². The molecule has 2 aromatic heterocycles. The Morgan fingerprint density at radius 3 is 2.96 bits per heavy atom. The van der Waals surface area contributed by atoms with Crippen LogP contribution in [0.3, 0.4) is 0 Å². The van der Waals surface area contributed by atoms with Crippen molar-refractivity contribution < 1.29 is 9.53 Å². The summed E-state index contributed by atoms with van der Waals surface area (Å²) in [4.78, 5) is 19.9. The van der Waals surface area contributed by atoms with Gasteiger partial charge in [-0.3, -0.25) is 9.48 Å². The van der Waals surface area contributed by atoms with Crippen molar-refractivity contribution in [3.05, 3.63) is 42.0 Å². The van der Waals surface area contributed by atoms with Crippen molar-refractivity contribution in [1.29, 1.82) is 0 Å². The van der Waals surface area contributed by atoms with Gasteiger partial charge in [-0.05, 0) is 26.2 Å². The normalized spacial score (nSPS) is 21.8. The number of rotatable bonds is 4. The van der Waals surface area contributed by atoms with Gasteiger partial charge in [0.25, 0.3) is 5.91 Å². The fourth-order valence-electron chi connectivity index (χ4n) is 3.08. The number of carbonyl (C=O) groups is 1. The minimum absolute atomic E-state index is 0.00379. The number of H-pyrrole nitrogens is 1. The molecule has 1 saturated heterocycles. The van der Waals surface area contributed by atoms with Gasteiger partial charge < -0.3 is 19.5 Å². The third kappa shape index (κ3) is 3.30. The summed E-state index contributed by atoms with van der Waals surface area (Å²) in [5.41, 5.74) is 1.60. The van der Waals surface area contributed by atoms with Crippen LogP contribution >= 0.6 is 0 Å². The lowest BCUT2D eigenvalue weighted by molar-refractivity contribution is -0.0686. The van der Waals surface area contributed by atoms with Gasteiger partial charge in [-0.15, -0.1) is 0 Å². The molecule has 1 N–H and O–H groups in total. The summed E-state index contributed by atoms with van der Waals surface area (Å²) >= 11 is 0. The van der Waals surface area contributed by atoms with Gasteiger partial charge in [0.2, 0.25) is 0 Å². The van der Waals surface area contributed by atoms with Crippen LogP contribution in [0.25, 0.3) is 0 Å². The van der Waals surface area contributed by atoms with E-state index in [4.69, 9.17) is 4.74 Å². The van der Waals surface area contributed by atoms with Crippen molar-refractivity contribution in [3.63, 3.8) is 0 Å². The van der Waals surface area contributed by atoms with E-state index in [1.807, 2.05) is 44.5 Å². The van der Waals surface area contributed by atoms with Gasteiger partial charge in [-0.2, -0.15) is 5.10 Å². The number of likely N-dealkylation sites (N-methyl/N-ethyl adjacent to an activating group) is 1. The highest BCUT2D eigenvalue weighted by atomic mass is 16.5. The first-order valence-electron chi connectivity index (χ1n) is 7.75. The smallest absolute Gasteiger partial charge is 0.270 e. The lowest BCUT2D eigenvalue weighted by Gasteiger charge is -2.41. The summed E-state index contributed by atoms with van der Waals surface area (Å²) in [5, 5.41) is 4.26. The van der Waals surface area contributed by atoms with Gasteiger partial charge >= 0.3 is 0 Å². The molecule has 0 unspecified atom stereocenters. The van der Waals surface area contributed by atoms with E-state index in [-0.39, 0.29) is 18.1 Å². The zero-order valence-corrected chi connectivity index (χ0v) is 13.8. The molecular weight excluding hydrogens is 294 g/mol. The van der Waals surface area contributed by atoms with Gasteiger partial charge in [0.15, 0.2) is 0 Å². The summed E-state index contributed by atoms with van der Waals surface area (Å²) < 4.78 is 7.74. The second kappa shape index (κ2) is 6.55. The maximum Gasteiger partial charge on any atom is 0.270 e. The largest absolute Gasteiger partial charge is 0.373 e. The predicted octanol–water partition coefficient (Wildman–Crippen LogP) is 0.892. The molecule has 7 nitrogen and oxygen atoms in total. The highest BCUT2D eigenvalue weighted by Gasteiger charge is 2.37. The third-order valence-electron chi connectivity index (χ3n) is 4.05. The Bertz CT molecular complexity index is 649. The van der Waals surface area contributed by atoms with Crippen molar-refractivity contribution in [2.75, 3.05) is 33.8 Å². The number of amides is 1. The number of ether oxygens (including phenoxy) is 1. The van der Waals surface area contributed by atoms with Gasteiger partial charge in [-0.1, -0.05) is 0 Å².